The fourth-order valence-corrected chi connectivity index (χ4v) is 2.49. The second kappa shape index (κ2) is 6.12. The molecular formula is C14H20FNO. The van der Waals surface area contributed by atoms with Gasteiger partial charge in [0.25, 0.3) is 0 Å². The first-order chi connectivity index (χ1) is 8.29. The summed E-state index contributed by atoms with van der Waals surface area (Å²) < 4.78 is 18.2. The molecule has 17 heavy (non-hydrogen) atoms. The van der Waals surface area contributed by atoms with Gasteiger partial charge in [0.15, 0.2) is 0 Å². The van der Waals surface area contributed by atoms with Crippen molar-refractivity contribution in [3.8, 4) is 0 Å². The number of nitrogens with two attached hydrogens (primary N) is 1. The van der Waals surface area contributed by atoms with Crippen LogP contribution in [0.4, 0.5) is 4.39 Å². The molecular weight excluding hydrogens is 217 g/mol. The van der Waals surface area contributed by atoms with Gasteiger partial charge in [-0.05, 0) is 55.3 Å². The zero-order chi connectivity index (χ0) is 12.1. The van der Waals surface area contributed by atoms with Crippen LogP contribution in [0.3, 0.4) is 0 Å². The average molecular weight is 237 g/mol. The Morgan fingerprint density at radius 1 is 1.24 bits per heavy atom. The lowest BCUT2D eigenvalue weighted by atomic mass is 9.85. The third kappa shape index (κ3) is 3.51. The third-order valence-corrected chi connectivity index (χ3v) is 3.58. The molecule has 94 valence electrons. The molecule has 1 aromatic carbocycles. The van der Waals surface area contributed by atoms with Crippen molar-refractivity contribution in [1.82, 2.24) is 0 Å². The second-order valence-corrected chi connectivity index (χ2v) is 4.78. The van der Waals surface area contributed by atoms with Gasteiger partial charge in [0.05, 0.1) is 0 Å². The van der Waals surface area contributed by atoms with Gasteiger partial charge in [-0.15, -0.1) is 0 Å². The number of benzene rings is 1. The van der Waals surface area contributed by atoms with Crippen molar-refractivity contribution in [3.63, 3.8) is 0 Å². The first kappa shape index (κ1) is 12.5. The van der Waals surface area contributed by atoms with Crippen molar-refractivity contribution in [2.24, 2.45) is 11.7 Å². The van der Waals surface area contributed by atoms with E-state index in [2.05, 4.69) is 0 Å². The summed E-state index contributed by atoms with van der Waals surface area (Å²) in [5, 5.41) is 0. The molecule has 0 bridgehead atoms. The van der Waals surface area contributed by atoms with Crippen molar-refractivity contribution >= 4 is 0 Å². The molecule has 1 atom stereocenters. The van der Waals surface area contributed by atoms with E-state index in [0.717, 1.165) is 38.0 Å². The first-order valence-corrected chi connectivity index (χ1v) is 6.33. The number of hydrogen-bond acceptors (Lipinski definition) is 2. The predicted octanol–water partition coefficient (Wildman–Crippen LogP) is 2.68. The first-order valence-electron chi connectivity index (χ1n) is 6.33. The van der Waals surface area contributed by atoms with E-state index in [1.165, 1.54) is 12.1 Å². The molecule has 0 saturated carbocycles. The molecule has 1 saturated heterocycles. The zero-order valence-corrected chi connectivity index (χ0v) is 10.1. The summed E-state index contributed by atoms with van der Waals surface area (Å²) in [5.41, 5.74) is 6.99. The summed E-state index contributed by atoms with van der Waals surface area (Å²) in [7, 11) is 0. The molecule has 0 aromatic heterocycles. The Hall–Kier alpha value is -0.930. The molecule has 1 fully saturated rings. The largest absolute Gasteiger partial charge is 0.381 e. The molecule has 1 heterocycles. The smallest absolute Gasteiger partial charge is 0.123 e. The van der Waals surface area contributed by atoms with E-state index < -0.39 is 0 Å². The molecule has 1 aliphatic heterocycles. The molecule has 1 aromatic rings. The maximum Gasteiger partial charge on any atom is 0.123 e. The molecule has 2 nitrogen and oxygen atoms in total. The molecule has 0 aliphatic carbocycles. The molecule has 0 radical (unpaired) electrons. The Bertz CT molecular complexity index is 333. The minimum absolute atomic E-state index is 0.185. The molecule has 1 unspecified atom stereocenters. The van der Waals surface area contributed by atoms with Crippen molar-refractivity contribution in [3.05, 3.63) is 35.6 Å². The SMILES string of the molecule is NCC(CC1CCOCC1)c1ccc(F)cc1. The van der Waals surface area contributed by atoms with Crippen LogP contribution in [0.5, 0.6) is 0 Å². The molecule has 0 amide bonds. The summed E-state index contributed by atoms with van der Waals surface area (Å²) in [6.45, 7) is 2.36. The highest BCUT2D eigenvalue weighted by atomic mass is 19.1. The monoisotopic (exact) mass is 237 g/mol. The van der Waals surface area contributed by atoms with Crippen LogP contribution in [0.2, 0.25) is 0 Å². The minimum atomic E-state index is -0.185. The Kier molecular flexibility index (Phi) is 4.51. The lowest BCUT2D eigenvalue weighted by molar-refractivity contribution is 0.0619. The molecule has 1 aliphatic rings. The predicted molar refractivity (Wildman–Crippen MR) is 66.4 cm³/mol. The van der Waals surface area contributed by atoms with Crippen LogP contribution < -0.4 is 5.73 Å². The number of ether oxygens (including phenoxy) is 1. The van der Waals surface area contributed by atoms with Gasteiger partial charge in [-0.3, -0.25) is 0 Å². The van der Waals surface area contributed by atoms with E-state index in [0.29, 0.717) is 18.4 Å². The Morgan fingerprint density at radius 2 is 1.88 bits per heavy atom. The van der Waals surface area contributed by atoms with Gasteiger partial charge in [-0.1, -0.05) is 12.1 Å². The summed E-state index contributed by atoms with van der Waals surface area (Å²) in [6, 6.07) is 6.74. The molecule has 0 spiro atoms. The number of hydrogen-bond donors (Lipinski definition) is 1. The lowest BCUT2D eigenvalue weighted by Gasteiger charge is -2.26. The van der Waals surface area contributed by atoms with Crippen LogP contribution in [0.25, 0.3) is 0 Å². The standard InChI is InChI=1S/C14H20FNO/c15-14-3-1-12(2-4-14)13(10-16)9-11-5-7-17-8-6-11/h1-4,11,13H,5-10,16H2. The number of rotatable bonds is 4. The maximum atomic E-state index is 12.9. The summed E-state index contributed by atoms with van der Waals surface area (Å²) in [4.78, 5) is 0. The van der Waals surface area contributed by atoms with E-state index in [9.17, 15) is 4.39 Å². The normalized spacial score (nSPS) is 19.2. The summed E-state index contributed by atoms with van der Waals surface area (Å²) >= 11 is 0. The van der Waals surface area contributed by atoms with Crippen molar-refractivity contribution < 1.29 is 9.13 Å². The van der Waals surface area contributed by atoms with Gasteiger partial charge in [-0.2, -0.15) is 0 Å². The van der Waals surface area contributed by atoms with Gasteiger partial charge >= 0.3 is 0 Å². The van der Waals surface area contributed by atoms with E-state index >= 15 is 0 Å². The maximum absolute atomic E-state index is 12.9. The fourth-order valence-electron chi connectivity index (χ4n) is 2.49. The van der Waals surface area contributed by atoms with E-state index in [1.807, 2.05) is 12.1 Å². The van der Waals surface area contributed by atoms with Crippen LogP contribution in [0, 0.1) is 11.7 Å². The quantitative estimate of drug-likeness (QED) is 0.873. The Morgan fingerprint density at radius 3 is 2.47 bits per heavy atom. The van der Waals surface area contributed by atoms with Gasteiger partial charge in [0.2, 0.25) is 0 Å². The highest BCUT2D eigenvalue weighted by Crippen LogP contribution is 2.28. The molecule has 3 heteroatoms. The van der Waals surface area contributed by atoms with Gasteiger partial charge < -0.3 is 10.5 Å². The van der Waals surface area contributed by atoms with Gasteiger partial charge in [-0.25, -0.2) is 4.39 Å². The van der Waals surface area contributed by atoms with Crippen LogP contribution in [0.15, 0.2) is 24.3 Å². The Balaban J connectivity index is 1.97. The van der Waals surface area contributed by atoms with Crippen molar-refractivity contribution in [1.29, 1.82) is 0 Å². The minimum Gasteiger partial charge on any atom is -0.381 e. The number of halogens is 1. The van der Waals surface area contributed by atoms with Crippen molar-refractivity contribution in [2.45, 2.75) is 25.2 Å². The molecule has 2 N–H and O–H groups in total. The average Bonchev–Trinajstić information content (AvgIpc) is 2.38. The topological polar surface area (TPSA) is 35.2 Å². The fraction of sp³-hybridized carbons (Fsp3) is 0.571. The van der Waals surface area contributed by atoms with Crippen molar-refractivity contribution in [2.75, 3.05) is 19.8 Å². The lowest BCUT2D eigenvalue weighted by Crippen LogP contribution is -2.21. The van der Waals surface area contributed by atoms with Crippen LogP contribution >= 0.6 is 0 Å². The highest BCUT2D eigenvalue weighted by Gasteiger charge is 2.19. The van der Waals surface area contributed by atoms with E-state index in [1.54, 1.807) is 0 Å². The highest BCUT2D eigenvalue weighted by molar-refractivity contribution is 5.20. The van der Waals surface area contributed by atoms with Crippen LogP contribution in [-0.2, 0) is 4.74 Å². The zero-order valence-electron chi connectivity index (χ0n) is 10.1. The van der Waals surface area contributed by atoms with Crippen LogP contribution in [-0.4, -0.2) is 19.8 Å². The van der Waals surface area contributed by atoms with E-state index in [4.69, 9.17) is 10.5 Å². The molecule has 2 rings (SSSR count). The summed E-state index contributed by atoms with van der Waals surface area (Å²) in [6.07, 6.45) is 3.33. The summed E-state index contributed by atoms with van der Waals surface area (Å²) in [5.74, 6) is 0.858. The van der Waals surface area contributed by atoms with E-state index in [-0.39, 0.29) is 5.82 Å². The van der Waals surface area contributed by atoms with Crippen LogP contribution in [0.1, 0.15) is 30.7 Å². The third-order valence-electron chi connectivity index (χ3n) is 3.58. The van der Waals surface area contributed by atoms with Gasteiger partial charge in [0.1, 0.15) is 5.82 Å². The second-order valence-electron chi connectivity index (χ2n) is 4.78. The van der Waals surface area contributed by atoms with Gasteiger partial charge in [0, 0.05) is 13.2 Å². The Labute approximate surface area is 102 Å².